The SMILES string of the molecule is Cc1nnsc1C(=O)NC1CCC2C(C)CC(=O)NC2C1. The van der Waals surface area contributed by atoms with Crippen LogP contribution in [0.1, 0.15) is 48.0 Å². The predicted octanol–water partition coefficient (Wildman–Crippen LogP) is 1.27. The van der Waals surface area contributed by atoms with Crippen molar-refractivity contribution in [2.75, 3.05) is 0 Å². The summed E-state index contributed by atoms with van der Waals surface area (Å²) in [5.74, 6) is 1.02. The Hall–Kier alpha value is -1.50. The molecular weight excluding hydrogens is 288 g/mol. The maximum absolute atomic E-state index is 12.2. The Morgan fingerprint density at radius 3 is 2.95 bits per heavy atom. The molecule has 6 nitrogen and oxygen atoms in total. The molecule has 4 unspecified atom stereocenters. The van der Waals surface area contributed by atoms with Gasteiger partial charge in [-0.2, -0.15) is 0 Å². The average molecular weight is 308 g/mol. The number of fused-ring (bicyclic) bond motifs is 1. The summed E-state index contributed by atoms with van der Waals surface area (Å²) in [4.78, 5) is 24.5. The fraction of sp³-hybridized carbons (Fsp3) is 0.714. The number of nitrogens with one attached hydrogen (secondary N) is 2. The first-order valence-corrected chi connectivity index (χ1v) is 8.21. The van der Waals surface area contributed by atoms with E-state index in [4.69, 9.17) is 0 Å². The molecule has 4 atom stereocenters. The van der Waals surface area contributed by atoms with Crippen LogP contribution in [0.4, 0.5) is 0 Å². The minimum Gasteiger partial charge on any atom is -0.353 e. The number of amides is 2. The number of carbonyl (C=O) groups excluding carboxylic acids is 2. The number of nitrogens with zero attached hydrogens (tertiary/aromatic N) is 2. The highest BCUT2D eigenvalue weighted by molar-refractivity contribution is 7.08. The molecule has 2 heterocycles. The van der Waals surface area contributed by atoms with Gasteiger partial charge in [0, 0.05) is 18.5 Å². The van der Waals surface area contributed by atoms with Crippen molar-refractivity contribution in [3.63, 3.8) is 0 Å². The van der Waals surface area contributed by atoms with Gasteiger partial charge in [0.1, 0.15) is 4.88 Å². The molecule has 2 aliphatic rings. The monoisotopic (exact) mass is 308 g/mol. The minimum atomic E-state index is -0.0962. The lowest BCUT2D eigenvalue weighted by Crippen LogP contribution is -2.54. The van der Waals surface area contributed by atoms with Crippen molar-refractivity contribution in [1.82, 2.24) is 20.2 Å². The van der Waals surface area contributed by atoms with Gasteiger partial charge in [0.25, 0.3) is 5.91 Å². The topological polar surface area (TPSA) is 84.0 Å². The molecule has 1 aliphatic carbocycles. The van der Waals surface area contributed by atoms with E-state index < -0.39 is 0 Å². The first-order chi connectivity index (χ1) is 10.0. The minimum absolute atomic E-state index is 0.0962. The van der Waals surface area contributed by atoms with E-state index in [-0.39, 0.29) is 23.9 Å². The van der Waals surface area contributed by atoms with Crippen molar-refractivity contribution < 1.29 is 9.59 Å². The second kappa shape index (κ2) is 5.71. The van der Waals surface area contributed by atoms with Gasteiger partial charge in [0.15, 0.2) is 0 Å². The number of carbonyl (C=O) groups is 2. The third kappa shape index (κ3) is 2.92. The Balaban J connectivity index is 1.62. The van der Waals surface area contributed by atoms with Crippen LogP contribution in [0.5, 0.6) is 0 Å². The third-order valence-corrected chi connectivity index (χ3v) is 5.51. The average Bonchev–Trinajstić information content (AvgIpc) is 2.84. The fourth-order valence-electron chi connectivity index (χ4n) is 3.57. The van der Waals surface area contributed by atoms with Gasteiger partial charge in [-0.25, -0.2) is 0 Å². The van der Waals surface area contributed by atoms with Gasteiger partial charge < -0.3 is 10.6 Å². The van der Waals surface area contributed by atoms with Crippen LogP contribution in [0.2, 0.25) is 0 Å². The van der Waals surface area contributed by atoms with Gasteiger partial charge in [0.2, 0.25) is 5.91 Å². The molecule has 1 aliphatic heterocycles. The van der Waals surface area contributed by atoms with Crippen LogP contribution in [-0.2, 0) is 4.79 Å². The molecule has 2 amide bonds. The number of hydrogen-bond donors (Lipinski definition) is 2. The Labute approximate surface area is 127 Å². The Morgan fingerprint density at radius 2 is 2.24 bits per heavy atom. The maximum Gasteiger partial charge on any atom is 0.265 e. The zero-order valence-electron chi connectivity index (χ0n) is 12.3. The molecule has 0 spiro atoms. The van der Waals surface area contributed by atoms with E-state index in [0.717, 1.165) is 30.8 Å². The van der Waals surface area contributed by atoms with Crippen molar-refractivity contribution >= 4 is 23.3 Å². The molecule has 7 heteroatoms. The number of hydrogen-bond acceptors (Lipinski definition) is 5. The first kappa shape index (κ1) is 14.4. The second-order valence-corrected chi connectivity index (χ2v) is 6.94. The lowest BCUT2D eigenvalue weighted by Gasteiger charge is -2.43. The maximum atomic E-state index is 12.2. The van der Waals surface area contributed by atoms with Gasteiger partial charge in [-0.15, -0.1) is 5.10 Å². The zero-order chi connectivity index (χ0) is 15.0. The van der Waals surface area contributed by atoms with Crippen molar-refractivity contribution in [2.45, 2.75) is 51.6 Å². The van der Waals surface area contributed by atoms with Crippen LogP contribution < -0.4 is 10.6 Å². The van der Waals surface area contributed by atoms with E-state index in [1.165, 1.54) is 0 Å². The Bertz CT molecular complexity index is 559. The van der Waals surface area contributed by atoms with Gasteiger partial charge in [-0.3, -0.25) is 9.59 Å². The standard InChI is InChI=1S/C14H20N4O2S/c1-7-5-12(19)16-11-6-9(3-4-10(7)11)15-14(20)13-8(2)17-18-21-13/h7,9-11H,3-6H2,1-2H3,(H,15,20)(H,16,19). The van der Waals surface area contributed by atoms with Crippen molar-refractivity contribution in [2.24, 2.45) is 11.8 Å². The molecule has 21 heavy (non-hydrogen) atoms. The highest BCUT2D eigenvalue weighted by Gasteiger charge is 2.39. The molecule has 114 valence electrons. The highest BCUT2D eigenvalue weighted by atomic mass is 32.1. The van der Waals surface area contributed by atoms with Crippen LogP contribution >= 0.6 is 11.5 Å². The van der Waals surface area contributed by atoms with E-state index in [1.807, 2.05) is 0 Å². The summed E-state index contributed by atoms with van der Waals surface area (Å²) < 4.78 is 3.80. The lowest BCUT2D eigenvalue weighted by molar-refractivity contribution is -0.126. The van der Waals surface area contributed by atoms with E-state index >= 15 is 0 Å². The number of piperidine rings is 1. The molecule has 1 saturated heterocycles. The van der Waals surface area contributed by atoms with E-state index in [9.17, 15) is 9.59 Å². The molecule has 1 saturated carbocycles. The number of aromatic nitrogens is 2. The third-order valence-electron chi connectivity index (χ3n) is 4.68. The van der Waals surface area contributed by atoms with Gasteiger partial charge in [-0.05, 0) is 49.6 Å². The van der Waals surface area contributed by atoms with E-state index in [2.05, 4.69) is 27.1 Å². The molecule has 0 aromatic carbocycles. The summed E-state index contributed by atoms with van der Waals surface area (Å²) in [5, 5.41) is 10.0. The van der Waals surface area contributed by atoms with E-state index in [0.29, 0.717) is 28.8 Å². The van der Waals surface area contributed by atoms with Crippen molar-refractivity contribution in [1.29, 1.82) is 0 Å². The molecule has 0 radical (unpaired) electrons. The molecule has 1 aromatic heterocycles. The predicted molar refractivity (Wildman–Crippen MR) is 79.0 cm³/mol. The first-order valence-electron chi connectivity index (χ1n) is 7.43. The second-order valence-electron chi connectivity index (χ2n) is 6.19. The lowest BCUT2D eigenvalue weighted by atomic mass is 9.72. The summed E-state index contributed by atoms with van der Waals surface area (Å²) in [5.41, 5.74) is 0.672. The molecular formula is C14H20N4O2S. The molecule has 3 rings (SSSR count). The summed E-state index contributed by atoms with van der Waals surface area (Å²) in [6.07, 6.45) is 3.47. The smallest absolute Gasteiger partial charge is 0.265 e. The van der Waals surface area contributed by atoms with Crippen LogP contribution in [0, 0.1) is 18.8 Å². The van der Waals surface area contributed by atoms with Crippen LogP contribution in [0.25, 0.3) is 0 Å². The summed E-state index contributed by atoms with van der Waals surface area (Å²) in [7, 11) is 0. The largest absolute Gasteiger partial charge is 0.353 e. The summed E-state index contributed by atoms with van der Waals surface area (Å²) in [6.45, 7) is 3.94. The number of rotatable bonds is 2. The normalized spacial score (nSPS) is 32.2. The molecule has 2 fully saturated rings. The van der Waals surface area contributed by atoms with Gasteiger partial charge in [0.05, 0.1) is 5.69 Å². The van der Waals surface area contributed by atoms with Gasteiger partial charge >= 0.3 is 0 Å². The Kier molecular flexibility index (Phi) is 3.93. The summed E-state index contributed by atoms with van der Waals surface area (Å²) >= 11 is 1.13. The van der Waals surface area contributed by atoms with Crippen LogP contribution in [0.15, 0.2) is 0 Å². The van der Waals surface area contributed by atoms with Crippen LogP contribution in [0.3, 0.4) is 0 Å². The quantitative estimate of drug-likeness (QED) is 0.862. The molecule has 2 N–H and O–H groups in total. The van der Waals surface area contributed by atoms with Gasteiger partial charge in [-0.1, -0.05) is 11.4 Å². The number of aryl methyl sites for hydroxylation is 1. The molecule has 0 bridgehead atoms. The van der Waals surface area contributed by atoms with Crippen molar-refractivity contribution in [3.05, 3.63) is 10.6 Å². The highest BCUT2D eigenvalue weighted by Crippen LogP contribution is 2.35. The van der Waals surface area contributed by atoms with Crippen LogP contribution in [-0.4, -0.2) is 33.5 Å². The molecule has 1 aromatic rings. The Morgan fingerprint density at radius 1 is 1.43 bits per heavy atom. The van der Waals surface area contributed by atoms with Crippen molar-refractivity contribution in [3.8, 4) is 0 Å². The van der Waals surface area contributed by atoms with E-state index in [1.54, 1.807) is 6.92 Å². The zero-order valence-corrected chi connectivity index (χ0v) is 13.1. The summed E-state index contributed by atoms with van der Waals surface area (Å²) in [6, 6.07) is 0.312. The fourth-order valence-corrected chi connectivity index (χ4v) is 4.13.